The summed E-state index contributed by atoms with van der Waals surface area (Å²) >= 11 is 9.69. The molecule has 0 unspecified atom stereocenters. The van der Waals surface area contributed by atoms with Gasteiger partial charge in [0.05, 0.1) is 0 Å². The van der Waals surface area contributed by atoms with E-state index >= 15 is 0 Å². The van der Waals surface area contributed by atoms with E-state index in [2.05, 4.69) is 42.3 Å². The van der Waals surface area contributed by atoms with Gasteiger partial charge >= 0.3 is 50.8 Å². The van der Waals surface area contributed by atoms with Crippen LogP contribution in [-0.4, -0.2) is 8.48 Å². The third kappa shape index (κ3) is 9.03. The molecular weight excluding hydrogens is 319 g/mol. The average molecular weight is 319 g/mol. The summed E-state index contributed by atoms with van der Waals surface area (Å²) in [6, 6.07) is 0. The Morgan fingerprint density at radius 3 is 1.00 bits per heavy atom. The molecule has 0 aliphatic rings. The maximum atomic E-state index is 3.23. The Morgan fingerprint density at radius 1 is 1.00 bits per heavy atom. The van der Waals surface area contributed by atoms with Gasteiger partial charge in [0.2, 0.25) is 0 Å². The van der Waals surface area contributed by atoms with Crippen molar-refractivity contribution >= 4 is 50.8 Å². The van der Waals surface area contributed by atoms with Crippen LogP contribution >= 0.6 is 42.3 Å². The third-order valence-corrected chi connectivity index (χ3v) is 0. The second-order valence-corrected chi connectivity index (χ2v) is 24.5. The van der Waals surface area contributed by atoms with Gasteiger partial charge in [-0.3, -0.25) is 0 Å². The van der Waals surface area contributed by atoms with Crippen LogP contribution in [0.25, 0.3) is 0 Å². The summed E-state index contributed by atoms with van der Waals surface area (Å²) in [4.78, 5) is 0. The van der Waals surface area contributed by atoms with E-state index in [1.54, 1.807) is 0 Å². The zero-order valence-corrected chi connectivity index (χ0v) is 8.01. The van der Waals surface area contributed by atoms with E-state index in [4.69, 9.17) is 0 Å². The molecule has 0 aliphatic heterocycles. The number of hydrogen-bond acceptors (Lipinski definition) is 0. The Labute approximate surface area is 50.3 Å². The first-order valence-corrected chi connectivity index (χ1v) is 12.5. The van der Waals surface area contributed by atoms with Crippen molar-refractivity contribution in [3.63, 3.8) is 0 Å². The van der Waals surface area contributed by atoms with Gasteiger partial charge in [-0.1, -0.05) is 0 Å². The summed E-state index contributed by atoms with van der Waals surface area (Å²) in [5.41, 5.74) is 0. The van der Waals surface area contributed by atoms with Crippen molar-refractivity contribution < 1.29 is 0 Å². The van der Waals surface area contributed by atoms with Crippen LogP contribution in [0.2, 0.25) is 0 Å². The molecule has 4 heavy (non-hydrogen) atoms. The van der Waals surface area contributed by atoms with Crippen molar-refractivity contribution in [2.75, 3.05) is 0 Å². The molecule has 1 radical (unpaired) electrons. The fraction of sp³-hybridized carbons (Fsp3) is 0. The van der Waals surface area contributed by atoms with Gasteiger partial charge in [-0.2, -0.15) is 0 Å². The molecule has 0 nitrogen and oxygen atoms in total. The van der Waals surface area contributed by atoms with Crippen LogP contribution in [0.4, 0.5) is 0 Å². The molecule has 0 fully saturated rings. The van der Waals surface area contributed by atoms with Gasteiger partial charge in [-0.25, -0.2) is 0 Å². The van der Waals surface area contributed by atoms with E-state index in [9.17, 15) is 0 Å². The Hall–Kier alpha value is 1.96. The van der Waals surface area contributed by atoms with Crippen LogP contribution < -0.4 is 0 Å². The predicted octanol–water partition coefficient (Wildman–Crippen LogP) is 2.16. The first-order chi connectivity index (χ1) is 1.73. The van der Waals surface area contributed by atoms with Gasteiger partial charge in [0, 0.05) is 0 Å². The standard InChI is InChI=1S/Br3Se/c1-4(2)3. The van der Waals surface area contributed by atoms with E-state index in [0.717, 1.165) is 0 Å². The number of rotatable bonds is 0. The van der Waals surface area contributed by atoms with Crippen LogP contribution in [0.5, 0.6) is 0 Å². The fourth-order valence-electron chi connectivity index (χ4n) is 0. The van der Waals surface area contributed by atoms with Crippen LogP contribution in [0, 0.1) is 0 Å². The SMILES string of the molecule is Br[Se](Br)Br. The molecule has 0 N–H and O–H groups in total. The van der Waals surface area contributed by atoms with E-state index in [1.807, 2.05) is 0 Å². The molecule has 0 aromatic rings. The fourth-order valence-corrected chi connectivity index (χ4v) is 0. The van der Waals surface area contributed by atoms with Crippen molar-refractivity contribution in [1.29, 1.82) is 0 Å². The van der Waals surface area contributed by atoms with E-state index < -0.39 is 8.48 Å². The van der Waals surface area contributed by atoms with Crippen molar-refractivity contribution in [2.24, 2.45) is 0 Å². The summed E-state index contributed by atoms with van der Waals surface area (Å²) < 4.78 is 0. The minimum atomic E-state index is -0.604. The van der Waals surface area contributed by atoms with Gasteiger partial charge in [-0.15, -0.1) is 0 Å². The Bertz CT molecular complexity index is 8.00. The quantitative estimate of drug-likeness (QED) is 0.601. The number of hydrogen-bond donors (Lipinski definition) is 0. The molecule has 0 bridgehead atoms. The average Bonchev–Trinajstić information content (AvgIpc) is 0.811. The Kier molecular flexibility index (Phi) is 4.71. The van der Waals surface area contributed by atoms with E-state index in [-0.39, 0.29) is 0 Å². The van der Waals surface area contributed by atoms with E-state index in [0.29, 0.717) is 0 Å². The van der Waals surface area contributed by atoms with Crippen LogP contribution in [-0.2, 0) is 0 Å². The molecule has 0 rings (SSSR count). The van der Waals surface area contributed by atoms with Crippen LogP contribution in [0.3, 0.4) is 0 Å². The van der Waals surface area contributed by atoms with Crippen molar-refractivity contribution in [3.8, 4) is 0 Å². The van der Waals surface area contributed by atoms with Crippen molar-refractivity contribution in [3.05, 3.63) is 0 Å². The minimum absolute atomic E-state index is 0.604. The summed E-state index contributed by atoms with van der Waals surface area (Å²) in [5, 5.41) is 0. The van der Waals surface area contributed by atoms with Gasteiger partial charge in [0.25, 0.3) is 0 Å². The molecule has 27 valence electrons. The molecule has 4 heteroatoms. The summed E-state index contributed by atoms with van der Waals surface area (Å²) in [6.45, 7) is 0. The molecule has 0 amide bonds. The molecule has 0 aliphatic carbocycles. The summed E-state index contributed by atoms with van der Waals surface area (Å²) in [5.74, 6) is 0. The van der Waals surface area contributed by atoms with Crippen LogP contribution in [0.1, 0.15) is 0 Å². The van der Waals surface area contributed by atoms with Crippen molar-refractivity contribution in [1.82, 2.24) is 0 Å². The van der Waals surface area contributed by atoms with Gasteiger partial charge < -0.3 is 0 Å². The summed E-state index contributed by atoms with van der Waals surface area (Å²) in [7, 11) is -0.604. The molecule has 0 spiro atoms. The zero-order chi connectivity index (χ0) is 3.58. The maximum absolute atomic E-state index is 3.23. The van der Waals surface area contributed by atoms with Crippen molar-refractivity contribution in [2.45, 2.75) is 0 Å². The second kappa shape index (κ2) is 3.16. The zero-order valence-electron chi connectivity index (χ0n) is 1.54. The molecule has 0 heterocycles. The van der Waals surface area contributed by atoms with Gasteiger partial charge in [-0.05, 0) is 0 Å². The molecular formula is Br3Se. The van der Waals surface area contributed by atoms with Gasteiger partial charge in [0.1, 0.15) is 0 Å². The molecule has 0 aromatic heterocycles. The predicted molar refractivity (Wildman–Crippen MR) is 32.5 cm³/mol. The normalized spacial score (nSPS) is 9.00. The molecule has 0 saturated carbocycles. The molecule has 0 saturated heterocycles. The Morgan fingerprint density at radius 2 is 1.00 bits per heavy atom. The Balaban J connectivity index is 2.32. The topological polar surface area (TPSA) is 0 Å². The third-order valence-electron chi connectivity index (χ3n) is 0. The molecule has 0 atom stereocenters. The van der Waals surface area contributed by atoms with Crippen LogP contribution in [0.15, 0.2) is 0 Å². The first kappa shape index (κ1) is 5.96. The molecule has 0 aromatic carbocycles. The van der Waals surface area contributed by atoms with Gasteiger partial charge in [0.15, 0.2) is 0 Å². The number of halogens is 3. The summed E-state index contributed by atoms with van der Waals surface area (Å²) in [6.07, 6.45) is 0. The van der Waals surface area contributed by atoms with E-state index in [1.165, 1.54) is 0 Å². The second-order valence-electron chi connectivity index (χ2n) is 0.175. The monoisotopic (exact) mass is 317 g/mol. The first-order valence-electron chi connectivity index (χ1n) is 0.463.